The molecule has 0 radical (unpaired) electrons. The lowest BCUT2D eigenvalue weighted by Crippen LogP contribution is -2.55. The van der Waals surface area contributed by atoms with Crippen LogP contribution in [0.5, 0.6) is 0 Å². The molecule has 0 bridgehead atoms. The molecular formula is C12H20N2OS2. The largest absolute Gasteiger partial charge is 0.394 e. The van der Waals surface area contributed by atoms with Crippen molar-refractivity contribution < 1.29 is 5.11 Å². The van der Waals surface area contributed by atoms with Gasteiger partial charge in [-0.15, -0.1) is 11.3 Å². The van der Waals surface area contributed by atoms with Gasteiger partial charge in [-0.3, -0.25) is 0 Å². The molecule has 1 saturated carbocycles. The van der Waals surface area contributed by atoms with E-state index >= 15 is 0 Å². The molecule has 2 rings (SSSR count). The number of nitrogens with zero attached hydrogens (tertiary/aromatic N) is 1. The molecule has 1 aromatic heterocycles. The summed E-state index contributed by atoms with van der Waals surface area (Å²) in [5.41, 5.74) is -0.121. The average Bonchev–Trinajstić information content (AvgIpc) is 3.02. The Hall–Kier alpha value is -0.100. The van der Waals surface area contributed by atoms with Crippen molar-refractivity contribution in [1.29, 1.82) is 0 Å². The molecule has 1 aliphatic rings. The third-order valence-electron chi connectivity index (χ3n) is 3.08. The summed E-state index contributed by atoms with van der Waals surface area (Å²) >= 11 is 3.42. The topological polar surface area (TPSA) is 45.1 Å². The first kappa shape index (κ1) is 13.3. The monoisotopic (exact) mass is 272 g/mol. The maximum absolute atomic E-state index is 9.77. The van der Waals surface area contributed by atoms with Crippen molar-refractivity contribution in [3.05, 3.63) is 11.6 Å². The highest BCUT2D eigenvalue weighted by Crippen LogP contribution is 2.42. The minimum absolute atomic E-state index is 0.121. The second kappa shape index (κ2) is 5.69. The first-order chi connectivity index (χ1) is 8.16. The molecule has 2 N–H and O–H groups in total. The lowest BCUT2D eigenvalue weighted by atomic mass is 9.95. The van der Waals surface area contributed by atoms with Gasteiger partial charge >= 0.3 is 0 Å². The fourth-order valence-corrected chi connectivity index (χ4v) is 4.08. The molecular weight excluding hydrogens is 252 g/mol. The van der Waals surface area contributed by atoms with Gasteiger partial charge < -0.3 is 10.4 Å². The fraction of sp³-hybridized carbons (Fsp3) is 0.750. The number of thioether (sulfide) groups is 1. The third-order valence-corrected chi connectivity index (χ3v) is 5.30. The van der Waals surface area contributed by atoms with E-state index in [0.29, 0.717) is 12.0 Å². The average molecular weight is 272 g/mol. The first-order valence-electron chi connectivity index (χ1n) is 6.07. The number of aliphatic hydroxyl groups excluding tert-OH is 1. The minimum atomic E-state index is -0.121. The fourth-order valence-electron chi connectivity index (χ4n) is 2.18. The van der Waals surface area contributed by atoms with Gasteiger partial charge in [-0.1, -0.05) is 25.6 Å². The van der Waals surface area contributed by atoms with Crippen LogP contribution in [0.1, 0.15) is 26.7 Å². The normalized spacial score (nSPS) is 19.5. The SMILES string of the molecule is CC(C)NC(CO)(CSc1nccs1)C1CC1. The first-order valence-corrected chi connectivity index (χ1v) is 7.93. The summed E-state index contributed by atoms with van der Waals surface area (Å²) in [6.07, 6.45) is 4.30. The number of thiazole rings is 1. The standard InChI is InChI=1S/C12H20N2OS2/c1-9(2)14-12(7-15,10-3-4-10)8-17-11-13-5-6-16-11/h5-6,9-10,14-15H,3-4,7-8H2,1-2H3. The van der Waals surface area contributed by atoms with Crippen molar-refractivity contribution in [1.82, 2.24) is 10.3 Å². The summed E-state index contributed by atoms with van der Waals surface area (Å²) < 4.78 is 1.09. The molecule has 1 heterocycles. The number of aliphatic hydroxyl groups is 1. The van der Waals surface area contributed by atoms with Crippen molar-refractivity contribution in [2.75, 3.05) is 12.4 Å². The molecule has 5 heteroatoms. The Kier molecular flexibility index (Phi) is 4.47. The minimum Gasteiger partial charge on any atom is -0.394 e. The van der Waals surface area contributed by atoms with Crippen LogP contribution in [0.25, 0.3) is 0 Å². The number of aromatic nitrogens is 1. The van der Waals surface area contributed by atoms with Gasteiger partial charge in [0.25, 0.3) is 0 Å². The number of nitrogens with one attached hydrogen (secondary N) is 1. The number of hydrogen-bond donors (Lipinski definition) is 2. The van der Waals surface area contributed by atoms with Crippen LogP contribution >= 0.6 is 23.1 Å². The Morgan fingerprint density at radius 2 is 2.41 bits per heavy atom. The molecule has 1 aromatic rings. The van der Waals surface area contributed by atoms with Crippen LogP contribution in [0.4, 0.5) is 0 Å². The van der Waals surface area contributed by atoms with E-state index in [-0.39, 0.29) is 12.1 Å². The van der Waals surface area contributed by atoms with Crippen molar-refractivity contribution in [3.63, 3.8) is 0 Å². The van der Waals surface area contributed by atoms with Crippen LogP contribution in [0.15, 0.2) is 15.9 Å². The quantitative estimate of drug-likeness (QED) is 0.748. The molecule has 17 heavy (non-hydrogen) atoms. The van der Waals surface area contributed by atoms with Crippen LogP contribution in [0.2, 0.25) is 0 Å². The summed E-state index contributed by atoms with van der Waals surface area (Å²) in [7, 11) is 0. The Morgan fingerprint density at radius 1 is 1.65 bits per heavy atom. The van der Waals surface area contributed by atoms with E-state index < -0.39 is 0 Å². The Balaban J connectivity index is 1.99. The van der Waals surface area contributed by atoms with Gasteiger partial charge in [-0.25, -0.2) is 4.98 Å². The van der Waals surface area contributed by atoms with Crippen molar-refractivity contribution in [2.24, 2.45) is 5.92 Å². The van der Waals surface area contributed by atoms with E-state index in [1.165, 1.54) is 12.8 Å². The van der Waals surface area contributed by atoms with Crippen LogP contribution in [-0.2, 0) is 0 Å². The lowest BCUT2D eigenvalue weighted by Gasteiger charge is -2.35. The molecule has 1 atom stereocenters. The Labute approximate surface area is 111 Å². The molecule has 0 saturated heterocycles. The zero-order valence-corrected chi connectivity index (χ0v) is 12.0. The summed E-state index contributed by atoms with van der Waals surface area (Å²) in [6, 6.07) is 0.402. The van der Waals surface area contributed by atoms with Gasteiger partial charge in [-0.05, 0) is 18.8 Å². The van der Waals surface area contributed by atoms with Crippen LogP contribution in [0.3, 0.4) is 0 Å². The van der Waals surface area contributed by atoms with Gasteiger partial charge in [0.15, 0.2) is 0 Å². The van der Waals surface area contributed by atoms with Gasteiger partial charge in [0.05, 0.1) is 12.1 Å². The number of hydrogen-bond acceptors (Lipinski definition) is 5. The second-order valence-electron chi connectivity index (χ2n) is 4.97. The molecule has 1 unspecified atom stereocenters. The predicted molar refractivity (Wildman–Crippen MR) is 73.7 cm³/mol. The van der Waals surface area contributed by atoms with Gasteiger partial charge in [0.2, 0.25) is 0 Å². The summed E-state index contributed by atoms with van der Waals surface area (Å²) in [6.45, 7) is 4.50. The summed E-state index contributed by atoms with van der Waals surface area (Å²) in [5.74, 6) is 1.53. The highest BCUT2D eigenvalue weighted by atomic mass is 32.2. The molecule has 96 valence electrons. The zero-order valence-electron chi connectivity index (χ0n) is 10.3. The van der Waals surface area contributed by atoms with Gasteiger partial charge in [0, 0.05) is 23.4 Å². The molecule has 1 fully saturated rings. The van der Waals surface area contributed by atoms with E-state index in [0.717, 1.165) is 10.1 Å². The summed E-state index contributed by atoms with van der Waals surface area (Å²) in [4.78, 5) is 4.28. The Morgan fingerprint density at radius 3 is 2.88 bits per heavy atom. The van der Waals surface area contributed by atoms with Crippen LogP contribution in [0, 0.1) is 5.92 Å². The molecule has 0 amide bonds. The van der Waals surface area contributed by atoms with Gasteiger partial charge in [-0.2, -0.15) is 0 Å². The van der Waals surface area contributed by atoms with Crippen LogP contribution in [-0.4, -0.2) is 34.0 Å². The van der Waals surface area contributed by atoms with Crippen molar-refractivity contribution in [2.45, 2.75) is 42.6 Å². The number of rotatable bonds is 7. The van der Waals surface area contributed by atoms with E-state index in [1.807, 2.05) is 11.6 Å². The molecule has 0 aromatic carbocycles. The third kappa shape index (κ3) is 3.44. The van der Waals surface area contributed by atoms with Crippen molar-refractivity contribution >= 4 is 23.1 Å². The summed E-state index contributed by atoms with van der Waals surface area (Å²) in [5, 5.41) is 15.3. The lowest BCUT2D eigenvalue weighted by molar-refractivity contribution is 0.150. The smallest absolute Gasteiger partial charge is 0.149 e. The molecule has 0 aliphatic heterocycles. The van der Waals surface area contributed by atoms with E-state index in [4.69, 9.17) is 0 Å². The molecule has 1 aliphatic carbocycles. The van der Waals surface area contributed by atoms with E-state index in [1.54, 1.807) is 23.1 Å². The van der Waals surface area contributed by atoms with Gasteiger partial charge in [0.1, 0.15) is 4.34 Å². The zero-order chi connectivity index (χ0) is 12.3. The highest BCUT2D eigenvalue weighted by molar-refractivity contribution is 8.01. The Bertz CT molecular complexity index is 338. The second-order valence-corrected chi connectivity index (χ2v) is 7.09. The van der Waals surface area contributed by atoms with Crippen LogP contribution < -0.4 is 5.32 Å². The molecule has 3 nitrogen and oxygen atoms in total. The van der Waals surface area contributed by atoms with E-state index in [2.05, 4.69) is 24.1 Å². The van der Waals surface area contributed by atoms with E-state index in [9.17, 15) is 5.11 Å². The van der Waals surface area contributed by atoms with Crippen molar-refractivity contribution in [3.8, 4) is 0 Å². The maximum atomic E-state index is 9.77. The maximum Gasteiger partial charge on any atom is 0.149 e. The highest BCUT2D eigenvalue weighted by Gasteiger charge is 2.45. The molecule has 0 spiro atoms. The predicted octanol–water partition coefficient (Wildman–Crippen LogP) is 2.37.